The number of H-pyrrole nitrogens is 1. The zero-order chi connectivity index (χ0) is 26.0. The first kappa shape index (κ1) is 25.2. The minimum atomic E-state index is -3.56. The van der Waals surface area contributed by atoms with Crippen LogP contribution in [0.25, 0.3) is 22.3 Å². The van der Waals surface area contributed by atoms with E-state index >= 15 is 0 Å². The van der Waals surface area contributed by atoms with E-state index in [1.165, 1.54) is 43.2 Å². The number of aromatic amines is 1. The molecule has 4 rings (SSSR count). The SMILES string of the molecule is CCOc1nc([C@@H](CS(C)(=O)=O)n2c(=O)[nH]c3cc(-c4cc(F)ccc4OC)cnc32)ccc1OC. The highest BCUT2D eigenvalue weighted by Crippen LogP contribution is 2.33. The van der Waals surface area contributed by atoms with Crippen molar-refractivity contribution in [3.8, 4) is 28.5 Å². The van der Waals surface area contributed by atoms with Crippen LogP contribution in [0.3, 0.4) is 0 Å². The molecule has 1 N–H and O–H groups in total. The molecule has 0 amide bonds. The lowest BCUT2D eigenvalue weighted by atomic mass is 10.1. The van der Waals surface area contributed by atoms with Crippen LogP contribution < -0.4 is 19.9 Å². The van der Waals surface area contributed by atoms with Crippen LogP contribution in [0.5, 0.6) is 17.4 Å². The quantitative estimate of drug-likeness (QED) is 0.360. The molecule has 0 saturated carbocycles. The van der Waals surface area contributed by atoms with Crippen LogP contribution in [0.15, 0.2) is 47.4 Å². The molecule has 0 spiro atoms. The number of aromatic nitrogens is 4. The van der Waals surface area contributed by atoms with E-state index in [0.29, 0.717) is 34.7 Å². The molecule has 12 heteroatoms. The Labute approximate surface area is 206 Å². The Morgan fingerprint density at radius 3 is 2.50 bits per heavy atom. The number of nitrogens with one attached hydrogen (secondary N) is 1. The standard InChI is InChI=1S/C24H25FN4O6S/c1-5-35-23-21(34-3)9-7-17(27-23)19(13-36(4,31)32)29-22-18(28-24(29)30)10-14(12-26-22)16-11-15(25)6-8-20(16)33-2/h6-12,19H,5,13H2,1-4H3,(H,28,30)/t19-/m1/s1. The highest BCUT2D eigenvalue weighted by molar-refractivity contribution is 7.90. The third-order valence-corrected chi connectivity index (χ3v) is 6.41. The molecule has 0 aliphatic rings. The summed E-state index contributed by atoms with van der Waals surface area (Å²) in [6.45, 7) is 2.09. The molecular formula is C24H25FN4O6S. The molecular weight excluding hydrogens is 491 g/mol. The van der Waals surface area contributed by atoms with Crippen molar-refractivity contribution in [3.05, 3.63) is 64.6 Å². The maximum atomic E-state index is 13.9. The summed E-state index contributed by atoms with van der Waals surface area (Å²) in [5, 5.41) is 0. The second kappa shape index (κ2) is 9.97. The topological polar surface area (TPSA) is 125 Å². The predicted molar refractivity (Wildman–Crippen MR) is 132 cm³/mol. The summed E-state index contributed by atoms with van der Waals surface area (Å²) in [5.41, 5.74) is 1.21. The number of hydrogen-bond acceptors (Lipinski definition) is 8. The van der Waals surface area contributed by atoms with E-state index in [0.717, 1.165) is 6.26 Å². The Balaban J connectivity index is 1.89. The summed E-state index contributed by atoms with van der Waals surface area (Å²) in [6.07, 6.45) is 2.54. The van der Waals surface area contributed by atoms with Crippen molar-refractivity contribution in [1.29, 1.82) is 0 Å². The smallest absolute Gasteiger partial charge is 0.328 e. The number of methoxy groups -OCH3 is 2. The Kier molecular flexibility index (Phi) is 6.97. The largest absolute Gasteiger partial charge is 0.496 e. The van der Waals surface area contributed by atoms with Crippen molar-refractivity contribution in [2.45, 2.75) is 13.0 Å². The van der Waals surface area contributed by atoms with Crippen LogP contribution in [0.1, 0.15) is 18.7 Å². The maximum Gasteiger partial charge on any atom is 0.328 e. The summed E-state index contributed by atoms with van der Waals surface area (Å²) in [4.78, 5) is 24.7. The maximum absolute atomic E-state index is 13.9. The molecule has 0 unspecified atom stereocenters. The second-order valence-corrected chi connectivity index (χ2v) is 10.2. The number of fused-ring (bicyclic) bond motifs is 1. The fraction of sp³-hybridized carbons (Fsp3) is 0.292. The summed E-state index contributed by atoms with van der Waals surface area (Å²) in [7, 11) is -0.628. The second-order valence-electron chi connectivity index (χ2n) is 8.02. The van der Waals surface area contributed by atoms with Gasteiger partial charge in [0.1, 0.15) is 21.4 Å². The molecule has 0 radical (unpaired) electrons. The molecule has 10 nitrogen and oxygen atoms in total. The third-order valence-electron chi connectivity index (χ3n) is 5.49. The van der Waals surface area contributed by atoms with Crippen LogP contribution in [-0.2, 0) is 9.84 Å². The number of rotatable bonds is 9. The van der Waals surface area contributed by atoms with Gasteiger partial charge in [0.15, 0.2) is 11.4 Å². The average Bonchev–Trinajstić information content (AvgIpc) is 3.16. The molecule has 1 atom stereocenters. The fourth-order valence-electron chi connectivity index (χ4n) is 3.96. The lowest BCUT2D eigenvalue weighted by molar-refractivity contribution is 0.296. The first-order chi connectivity index (χ1) is 17.1. The van der Waals surface area contributed by atoms with Crippen LogP contribution in [0, 0.1) is 5.82 Å². The summed E-state index contributed by atoms with van der Waals surface area (Å²) < 4.78 is 56.0. The zero-order valence-corrected chi connectivity index (χ0v) is 20.9. The summed E-state index contributed by atoms with van der Waals surface area (Å²) in [5.74, 6) is 0.112. The Morgan fingerprint density at radius 2 is 1.83 bits per heavy atom. The summed E-state index contributed by atoms with van der Waals surface area (Å²) >= 11 is 0. The van der Waals surface area contributed by atoms with Gasteiger partial charge < -0.3 is 19.2 Å². The van der Waals surface area contributed by atoms with E-state index in [1.807, 2.05) is 0 Å². The van der Waals surface area contributed by atoms with Gasteiger partial charge in [0.2, 0.25) is 0 Å². The van der Waals surface area contributed by atoms with Gasteiger partial charge in [-0.2, -0.15) is 0 Å². The van der Waals surface area contributed by atoms with E-state index in [9.17, 15) is 17.6 Å². The van der Waals surface area contributed by atoms with Gasteiger partial charge in [0.25, 0.3) is 5.88 Å². The number of halogens is 1. The first-order valence-electron chi connectivity index (χ1n) is 10.9. The van der Waals surface area contributed by atoms with Crippen LogP contribution in [0.2, 0.25) is 0 Å². The van der Waals surface area contributed by atoms with Crippen molar-refractivity contribution in [2.24, 2.45) is 0 Å². The Morgan fingerprint density at radius 1 is 1.11 bits per heavy atom. The number of benzene rings is 1. The van der Waals surface area contributed by atoms with Gasteiger partial charge in [0.05, 0.1) is 43.8 Å². The number of hydrogen-bond donors (Lipinski definition) is 1. The molecule has 36 heavy (non-hydrogen) atoms. The molecule has 4 aromatic rings. The number of sulfone groups is 1. The predicted octanol–water partition coefficient (Wildman–Crippen LogP) is 2.98. The van der Waals surface area contributed by atoms with Gasteiger partial charge in [0, 0.05) is 23.6 Å². The highest BCUT2D eigenvalue weighted by atomic mass is 32.2. The number of ether oxygens (including phenoxy) is 3. The zero-order valence-electron chi connectivity index (χ0n) is 20.1. The van der Waals surface area contributed by atoms with Crippen molar-refractivity contribution in [3.63, 3.8) is 0 Å². The first-order valence-corrected chi connectivity index (χ1v) is 13.0. The molecule has 3 aromatic heterocycles. The van der Waals surface area contributed by atoms with Crippen molar-refractivity contribution in [1.82, 2.24) is 19.5 Å². The molecule has 0 aliphatic carbocycles. The van der Waals surface area contributed by atoms with E-state index in [1.54, 1.807) is 25.1 Å². The van der Waals surface area contributed by atoms with Crippen molar-refractivity contribution >= 4 is 21.0 Å². The molecule has 190 valence electrons. The number of imidazole rings is 1. The van der Waals surface area contributed by atoms with Gasteiger partial charge in [-0.3, -0.25) is 4.57 Å². The molecule has 0 fully saturated rings. The van der Waals surface area contributed by atoms with E-state index in [-0.39, 0.29) is 17.2 Å². The minimum Gasteiger partial charge on any atom is -0.496 e. The Hall–Kier alpha value is -3.93. The van der Waals surface area contributed by atoms with Gasteiger partial charge in [-0.1, -0.05) is 0 Å². The lowest BCUT2D eigenvalue weighted by Crippen LogP contribution is -2.29. The minimum absolute atomic E-state index is 0.178. The number of pyridine rings is 2. The average molecular weight is 517 g/mol. The normalized spacial score (nSPS) is 12.5. The monoisotopic (exact) mass is 516 g/mol. The Bertz CT molecular complexity index is 1580. The van der Waals surface area contributed by atoms with E-state index in [2.05, 4.69) is 15.0 Å². The van der Waals surface area contributed by atoms with Gasteiger partial charge in [-0.15, -0.1) is 0 Å². The number of nitrogens with zero attached hydrogens (tertiary/aromatic N) is 3. The van der Waals surface area contributed by atoms with Crippen molar-refractivity contribution < 1.29 is 27.0 Å². The fourth-order valence-corrected chi connectivity index (χ4v) is 4.85. The van der Waals surface area contributed by atoms with Gasteiger partial charge in [-0.25, -0.2) is 27.6 Å². The van der Waals surface area contributed by atoms with Crippen molar-refractivity contribution in [2.75, 3.05) is 32.8 Å². The van der Waals surface area contributed by atoms with Crippen LogP contribution in [0.4, 0.5) is 4.39 Å². The summed E-state index contributed by atoms with van der Waals surface area (Å²) in [6, 6.07) is 7.88. The molecule has 3 heterocycles. The molecule has 1 aromatic carbocycles. The lowest BCUT2D eigenvalue weighted by Gasteiger charge is -2.19. The van der Waals surface area contributed by atoms with E-state index in [4.69, 9.17) is 14.2 Å². The van der Waals surface area contributed by atoms with Gasteiger partial charge >= 0.3 is 5.69 Å². The molecule has 0 saturated heterocycles. The molecule has 0 aliphatic heterocycles. The van der Waals surface area contributed by atoms with Crippen LogP contribution in [-0.4, -0.2) is 60.8 Å². The van der Waals surface area contributed by atoms with Gasteiger partial charge in [-0.05, 0) is 43.3 Å². The molecule has 0 bridgehead atoms. The highest BCUT2D eigenvalue weighted by Gasteiger charge is 2.27. The third kappa shape index (κ3) is 5.03. The van der Waals surface area contributed by atoms with E-state index < -0.39 is 33.1 Å². The van der Waals surface area contributed by atoms with Crippen LogP contribution >= 0.6 is 0 Å².